The average molecular weight is 476 g/mol. The third kappa shape index (κ3) is 3.37. The molecule has 6 rings (SSSR count). The molecule has 1 unspecified atom stereocenters. The Bertz CT molecular complexity index is 1840. The molecule has 0 spiro atoms. The summed E-state index contributed by atoms with van der Waals surface area (Å²) in [4.78, 5) is 36.4. The lowest BCUT2D eigenvalue weighted by Crippen LogP contribution is -2.33. The van der Waals surface area contributed by atoms with Gasteiger partial charge in [0.2, 0.25) is 0 Å². The standard InChI is InChI=1S/C27H21N7O2/c1-16(30-26(35)22-23(28)32-33-15-7-14-29-25(22)33)24-31-20-13-12-17-8-5-6-11-19(17)21(20)27(36)34(24)18-9-3-2-4-10-18/h2-16H,1H3,(H2,28,32)(H,30,35). The number of benzene rings is 3. The topological polar surface area (TPSA) is 120 Å². The van der Waals surface area contributed by atoms with Crippen LogP contribution in [0.2, 0.25) is 0 Å². The van der Waals surface area contributed by atoms with Crippen LogP contribution in [0.1, 0.15) is 29.1 Å². The number of fused-ring (bicyclic) bond motifs is 4. The fraction of sp³-hybridized carbons (Fsp3) is 0.0741. The molecule has 9 nitrogen and oxygen atoms in total. The van der Waals surface area contributed by atoms with Crippen LogP contribution >= 0.6 is 0 Å². The van der Waals surface area contributed by atoms with Crippen molar-refractivity contribution in [3.8, 4) is 5.69 Å². The quantitative estimate of drug-likeness (QED) is 0.376. The summed E-state index contributed by atoms with van der Waals surface area (Å²) in [5.74, 6) is 0.00305. The van der Waals surface area contributed by atoms with E-state index in [1.54, 1.807) is 30.0 Å². The van der Waals surface area contributed by atoms with Gasteiger partial charge in [-0.3, -0.25) is 14.2 Å². The maximum absolute atomic E-state index is 14.0. The Labute approximate surface area is 204 Å². The van der Waals surface area contributed by atoms with Crippen LogP contribution in [-0.2, 0) is 0 Å². The predicted molar refractivity (Wildman–Crippen MR) is 138 cm³/mol. The Morgan fingerprint density at radius 1 is 1.00 bits per heavy atom. The number of hydrogen-bond acceptors (Lipinski definition) is 6. The molecule has 0 bridgehead atoms. The number of hydrogen-bond donors (Lipinski definition) is 2. The van der Waals surface area contributed by atoms with Crippen molar-refractivity contribution >= 4 is 39.0 Å². The number of rotatable bonds is 4. The molecule has 9 heteroatoms. The molecule has 0 saturated heterocycles. The van der Waals surface area contributed by atoms with E-state index in [0.29, 0.717) is 28.1 Å². The van der Waals surface area contributed by atoms with E-state index in [-0.39, 0.29) is 16.9 Å². The maximum atomic E-state index is 14.0. The van der Waals surface area contributed by atoms with E-state index in [1.165, 1.54) is 4.52 Å². The van der Waals surface area contributed by atoms with Crippen molar-refractivity contribution in [1.82, 2.24) is 29.5 Å². The minimum Gasteiger partial charge on any atom is -0.381 e. The second kappa shape index (κ2) is 8.31. The van der Waals surface area contributed by atoms with Crippen LogP contribution in [0.5, 0.6) is 0 Å². The molecule has 3 heterocycles. The fourth-order valence-electron chi connectivity index (χ4n) is 4.54. The SMILES string of the molecule is CC(NC(=O)c1c(N)nn2cccnc12)c1nc2ccc3ccccc3c2c(=O)n1-c1ccccc1. The Kier molecular flexibility index (Phi) is 4.96. The van der Waals surface area contributed by atoms with Gasteiger partial charge in [0, 0.05) is 12.4 Å². The van der Waals surface area contributed by atoms with Crippen LogP contribution in [0, 0.1) is 0 Å². The lowest BCUT2D eigenvalue weighted by Gasteiger charge is -2.20. The third-order valence-electron chi connectivity index (χ3n) is 6.19. The monoisotopic (exact) mass is 475 g/mol. The molecule has 3 aromatic carbocycles. The molecule has 1 amide bonds. The highest BCUT2D eigenvalue weighted by molar-refractivity contribution is 6.06. The van der Waals surface area contributed by atoms with E-state index >= 15 is 0 Å². The third-order valence-corrected chi connectivity index (χ3v) is 6.19. The fourth-order valence-corrected chi connectivity index (χ4v) is 4.54. The van der Waals surface area contributed by atoms with Crippen molar-refractivity contribution in [1.29, 1.82) is 0 Å². The van der Waals surface area contributed by atoms with E-state index in [1.807, 2.05) is 66.7 Å². The molecule has 0 saturated carbocycles. The summed E-state index contributed by atoms with van der Waals surface area (Å²) in [6.07, 6.45) is 3.24. The molecule has 176 valence electrons. The van der Waals surface area contributed by atoms with Crippen LogP contribution < -0.4 is 16.6 Å². The predicted octanol–water partition coefficient (Wildman–Crippen LogP) is 3.65. The molecule has 0 radical (unpaired) electrons. The van der Waals surface area contributed by atoms with E-state index in [2.05, 4.69) is 15.4 Å². The van der Waals surface area contributed by atoms with Crippen molar-refractivity contribution in [3.63, 3.8) is 0 Å². The lowest BCUT2D eigenvalue weighted by atomic mass is 10.1. The molecule has 0 aliphatic carbocycles. The normalized spacial score (nSPS) is 12.2. The lowest BCUT2D eigenvalue weighted by molar-refractivity contribution is 0.0940. The summed E-state index contributed by atoms with van der Waals surface area (Å²) in [7, 11) is 0. The van der Waals surface area contributed by atoms with Gasteiger partial charge < -0.3 is 11.1 Å². The van der Waals surface area contributed by atoms with Crippen molar-refractivity contribution < 1.29 is 4.79 Å². The highest BCUT2D eigenvalue weighted by atomic mass is 16.2. The van der Waals surface area contributed by atoms with Crippen LogP contribution in [0.3, 0.4) is 0 Å². The molecule has 0 fully saturated rings. The molecule has 6 aromatic rings. The summed E-state index contributed by atoms with van der Waals surface area (Å²) in [5, 5.41) is 9.40. The zero-order valence-corrected chi connectivity index (χ0v) is 19.3. The molecule has 3 aromatic heterocycles. The zero-order valence-electron chi connectivity index (χ0n) is 19.3. The van der Waals surface area contributed by atoms with Gasteiger partial charge in [-0.05, 0) is 42.0 Å². The highest BCUT2D eigenvalue weighted by Crippen LogP contribution is 2.25. The maximum Gasteiger partial charge on any atom is 0.266 e. The molecular weight excluding hydrogens is 454 g/mol. The van der Waals surface area contributed by atoms with Crippen molar-refractivity contribution in [2.45, 2.75) is 13.0 Å². The Balaban J connectivity index is 1.52. The minimum absolute atomic E-state index is 0.0665. The van der Waals surface area contributed by atoms with Crippen molar-refractivity contribution in [2.24, 2.45) is 0 Å². The number of anilines is 1. The first kappa shape index (κ1) is 21.5. The first-order valence-corrected chi connectivity index (χ1v) is 11.4. The number of aromatic nitrogens is 5. The Morgan fingerprint density at radius 3 is 2.61 bits per heavy atom. The highest BCUT2D eigenvalue weighted by Gasteiger charge is 2.24. The van der Waals surface area contributed by atoms with Crippen molar-refractivity contribution in [2.75, 3.05) is 5.73 Å². The largest absolute Gasteiger partial charge is 0.381 e. The van der Waals surface area contributed by atoms with Crippen LogP contribution in [0.4, 0.5) is 5.82 Å². The van der Waals surface area contributed by atoms with Gasteiger partial charge in [0.05, 0.1) is 22.6 Å². The number of nitrogens with two attached hydrogens (primary N) is 1. The van der Waals surface area contributed by atoms with Gasteiger partial charge >= 0.3 is 0 Å². The molecule has 36 heavy (non-hydrogen) atoms. The van der Waals surface area contributed by atoms with Crippen LogP contribution in [0.15, 0.2) is 90.0 Å². The summed E-state index contributed by atoms with van der Waals surface area (Å²) < 4.78 is 3.01. The Hall–Kier alpha value is -5.05. The van der Waals surface area contributed by atoms with E-state index < -0.39 is 11.9 Å². The number of nitrogens with one attached hydrogen (secondary N) is 1. The van der Waals surface area contributed by atoms with Gasteiger partial charge in [-0.2, -0.15) is 0 Å². The first-order valence-electron chi connectivity index (χ1n) is 11.4. The van der Waals surface area contributed by atoms with Gasteiger partial charge in [0.15, 0.2) is 11.5 Å². The van der Waals surface area contributed by atoms with Gasteiger partial charge in [-0.25, -0.2) is 14.5 Å². The van der Waals surface area contributed by atoms with Gasteiger partial charge in [0.25, 0.3) is 11.5 Å². The van der Waals surface area contributed by atoms with Crippen LogP contribution in [0.25, 0.3) is 33.0 Å². The van der Waals surface area contributed by atoms with Gasteiger partial charge in [-0.1, -0.05) is 48.5 Å². The first-order chi connectivity index (χ1) is 17.5. The second-order valence-corrected chi connectivity index (χ2v) is 8.47. The molecule has 0 aliphatic heterocycles. The number of nitrogens with zero attached hydrogens (tertiary/aromatic N) is 5. The smallest absolute Gasteiger partial charge is 0.266 e. The molecule has 0 aliphatic rings. The molecular formula is C27H21N7O2. The summed E-state index contributed by atoms with van der Waals surface area (Å²) in [6, 6.07) is 21.8. The number of nitrogen functional groups attached to an aromatic ring is 1. The number of carbonyl (C=O) groups excluding carboxylic acids is 1. The van der Waals surface area contributed by atoms with Crippen molar-refractivity contribution in [3.05, 3.63) is 107 Å². The summed E-state index contributed by atoms with van der Waals surface area (Å²) >= 11 is 0. The molecule has 1 atom stereocenters. The summed E-state index contributed by atoms with van der Waals surface area (Å²) in [6.45, 7) is 1.78. The van der Waals surface area contributed by atoms with E-state index in [9.17, 15) is 9.59 Å². The van der Waals surface area contributed by atoms with E-state index in [0.717, 1.165) is 10.8 Å². The van der Waals surface area contributed by atoms with Crippen LogP contribution in [-0.4, -0.2) is 30.1 Å². The van der Waals surface area contributed by atoms with Gasteiger partial charge in [-0.15, -0.1) is 5.10 Å². The minimum atomic E-state index is -0.640. The summed E-state index contributed by atoms with van der Waals surface area (Å²) in [5.41, 5.74) is 7.55. The second-order valence-electron chi connectivity index (χ2n) is 8.47. The average Bonchev–Trinajstić information content (AvgIpc) is 3.24. The van der Waals surface area contributed by atoms with E-state index in [4.69, 9.17) is 10.7 Å². The number of para-hydroxylation sites is 1. The number of carbonyl (C=O) groups is 1. The Morgan fingerprint density at radius 2 is 1.78 bits per heavy atom. The zero-order chi connectivity index (χ0) is 24.8. The molecule has 3 N–H and O–H groups in total. The van der Waals surface area contributed by atoms with Gasteiger partial charge in [0.1, 0.15) is 11.4 Å². The number of amides is 1.